The minimum absolute atomic E-state index is 0.0981. The average Bonchev–Trinajstić information content (AvgIpc) is 2.58. The summed E-state index contributed by atoms with van der Waals surface area (Å²) >= 11 is 0. The van der Waals surface area contributed by atoms with Gasteiger partial charge in [0, 0.05) is 18.2 Å². The third-order valence-electron chi connectivity index (χ3n) is 3.51. The molecule has 1 heterocycles. The first-order chi connectivity index (χ1) is 11.7. The summed E-state index contributed by atoms with van der Waals surface area (Å²) in [6.45, 7) is 1.40. The van der Waals surface area contributed by atoms with Crippen molar-refractivity contribution in [1.29, 1.82) is 0 Å². The molecule has 6 nitrogen and oxygen atoms in total. The number of hydrogen-bond acceptors (Lipinski definition) is 4. The quantitative estimate of drug-likeness (QED) is 0.892. The number of para-hydroxylation sites is 1. The van der Waals surface area contributed by atoms with Crippen LogP contribution in [0.4, 0.5) is 13.2 Å². The van der Waals surface area contributed by atoms with Crippen LogP contribution in [0.1, 0.15) is 24.2 Å². The van der Waals surface area contributed by atoms with Gasteiger partial charge in [0.2, 0.25) is 5.91 Å². The van der Waals surface area contributed by atoms with Gasteiger partial charge in [0.05, 0.1) is 7.11 Å². The highest BCUT2D eigenvalue weighted by molar-refractivity contribution is 5.79. The van der Waals surface area contributed by atoms with Crippen LogP contribution >= 0.6 is 0 Å². The number of nitrogens with zero attached hydrogens (tertiary/aromatic N) is 2. The third kappa shape index (κ3) is 4.37. The third-order valence-corrected chi connectivity index (χ3v) is 3.51. The van der Waals surface area contributed by atoms with E-state index in [1.807, 2.05) is 0 Å². The number of carbonyl (C=O) groups is 1. The van der Waals surface area contributed by atoms with Gasteiger partial charge in [0.25, 0.3) is 5.56 Å². The molecule has 0 aliphatic rings. The van der Waals surface area contributed by atoms with Crippen molar-refractivity contribution < 1.29 is 22.7 Å². The molecule has 1 atom stereocenters. The van der Waals surface area contributed by atoms with Crippen molar-refractivity contribution in [2.75, 3.05) is 7.11 Å². The largest absolute Gasteiger partial charge is 0.496 e. The van der Waals surface area contributed by atoms with E-state index in [9.17, 15) is 22.8 Å². The van der Waals surface area contributed by atoms with Gasteiger partial charge in [-0.15, -0.1) is 0 Å². The first kappa shape index (κ1) is 18.5. The Morgan fingerprint density at radius 2 is 1.96 bits per heavy atom. The van der Waals surface area contributed by atoms with Crippen molar-refractivity contribution in [3.05, 3.63) is 58.0 Å². The lowest BCUT2D eigenvalue weighted by Gasteiger charge is -2.16. The summed E-state index contributed by atoms with van der Waals surface area (Å²) in [7, 11) is 1.48. The number of hydrogen-bond donors (Lipinski definition) is 1. The van der Waals surface area contributed by atoms with Crippen LogP contribution in [-0.4, -0.2) is 22.8 Å². The maximum absolute atomic E-state index is 12.7. The number of nitrogens with one attached hydrogen (secondary N) is 1. The fourth-order valence-electron chi connectivity index (χ4n) is 2.14. The van der Waals surface area contributed by atoms with Crippen molar-refractivity contribution in [3.63, 3.8) is 0 Å². The number of amides is 1. The predicted molar refractivity (Wildman–Crippen MR) is 83.1 cm³/mol. The smallest absolute Gasteiger partial charge is 0.435 e. The number of methoxy groups -OCH3 is 1. The molecule has 0 saturated heterocycles. The van der Waals surface area contributed by atoms with E-state index in [1.165, 1.54) is 14.0 Å². The van der Waals surface area contributed by atoms with E-state index in [4.69, 9.17) is 4.74 Å². The highest BCUT2D eigenvalue weighted by Gasteiger charge is 2.34. The monoisotopic (exact) mass is 355 g/mol. The second-order valence-electron chi connectivity index (χ2n) is 5.20. The van der Waals surface area contributed by atoms with Crippen LogP contribution in [0.3, 0.4) is 0 Å². The van der Waals surface area contributed by atoms with E-state index in [1.54, 1.807) is 24.3 Å². The molecule has 0 fully saturated rings. The lowest BCUT2D eigenvalue weighted by atomic mass is 10.2. The summed E-state index contributed by atoms with van der Waals surface area (Å²) in [6, 6.07) is 7.08. The van der Waals surface area contributed by atoms with Crippen molar-refractivity contribution >= 4 is 5.91 Å². The van der Waals surface area contributed by atoms with Crippen molar-refractivity contribution in [1.82, 2.24) is 15.1 Å². The van der Waals surface area contributed by atoms with Gasteiger partial charge in [-0.1, -0.05) is 18.2 Å². The van der Waals surface area contributed by atoms with E-state index >= 15 is 0 Å². The molecule has 0 saturated carbocycles. The van der Waals surface area contributed by atoms with E-state index in [0.29, 0.717) is 22.1 Å². The fraction of sp³-hybridized carbons (Fsp3) is 0.312. The molecular formula is C16H16F3N3O3. The van der Waals surface area contributed by atoms with Gasteiger partial charge in [0.1, 0.15) is 11.8 Å². The Kier molecular flexibility index (Phi) is 5.45. The van der Waals surface area contributed by atoms with Crippen LogP contribution in [0.2, 0.25) is 0 Å². The maximum atomic E-state index is 12.7. The Labute approximate surface area is 141 Å². The van der Waals surface area contributed by atoms with Crippen molar-refractivity contribution in [3.8, 4) is 5.75 Å². The molecule has 25 heavy (non-hydrogen) atoms. The van der Waals surface area contributed by atoms with Gasteiger partial charge < -0.3 is 10.1 Å². The SMILES string of the molecule is COc1ccccc1CNC(=O)C(C)n1nc(C(F)(F)F)ccc1=O. The number of rotatable bonds is 5. The molecule has 134 valence electrons. The maximum Gasteiger partial charge on any atom is 0.435 e. The summed E-state index contributed by atoms with van der Waals surface area (Å²) in [5.41, 5.74) is -1.35. The summed E-state index contributed by atoms with van der Waals surface area (Å²) in [4.78, 5) is 23.9. The molecule has 0 bridgehead atoms. The Bertz CT molecular complexity index is 818. The fourth-order valence-corrected chi connectivity index (χ4v) is 2.14. The zero-order valence-corrected chi connectivity index (χ0v) is 13.5. The summed E-state index contributed by atoms with van der Waals surface area (Å²) in [6.07, 6.45) is -4.71. The number of alkyl halides is 3. The molecule has 0 radical (unpaired) electrons. The molecular weight excluding hydrogens is 339 g/mol. The van der Waals surface area contributed by atoms with Crippen molar-refractivity contribution in [2.24, 2.45) is 0 Å². The Balaban J connectivity index is 2.16. The molecule has 1 amide bonds. The van der Waals surface area contributed by atoms with Crippen LogP contribution in [0.25, 0.3) is 0 Å². The standard InChI is InChI=1S/C16H16F3N3O3/c1-10(22-14(23)8-7-13(21-22)16(17,18)19)15(24)20-9-11-5-3-4-6-12(11)25-2/h3-8,10H,9H2,1-2H3,(H,20,24). The molecule has 1 aromatic heterocycles. The first-order valence-electron chi connectivity index (χ1n) is 7.30. The van der Waals surface area contributed by atoms with Crippen LogP contribution in [0, 0.1) is 0 Å². The molecule has 1 N–H and O–H groups in total. The number of aromatic nitrogens is 2. The molecule has 0 aliphatic carbocycles. The average molecular weight is 355 g/mol. The number of benzene rings is 1. The van der Waals surface area contributed by atoms with Gasteiger partial charge in [-0.3, -0.25) is 9.59 Å². The van der Waals surface area contributed by atoms with Crippen molar-refractivity contribution in [2.45, 2.75) is 25.7 Å². The Hall–Kier alpha value is -2.84. The molecule has 9 heteroatoms. The lowest BCUT2D eigenvalue weighted by molar-refractivity contribution is -0.143. The van der Waals surface area contributed by atoms with E-state index in [0.717, 1.165) is 6.07 Å². The first-order valence-corrected chi connectivity index (χ1v) is 7.30. The van der Waals surface area contributed by atoms with Crippen LogP contribution < -0.4 is 15.6 Å². The highest BCUT2D eigenvalue weighted by atomic mass is 19.4. The van der Waals surface area contributed by atoms with Gasteiger partial charge in [0.15, 0.2) is 5.69 Å². The zero-order valence-electron chi connectivity index (χ0n) is 13.5. The van der Waals surface area contributed by atoms with Crippen LogP contribution in [-0.2, 0) is 17.5 Å². The van der Waals surface area contributed by atoms with Crippen LogP contribution in [0.15, 0.2) is 41.2 Å². The molecule has 1 aromatic carbocycles. The Morgan fingerprint density at radius 1 is 1.28 bits per heavy atom. The highest BCUT2D eigenvalue weighted by Crippen LogP contribution is 2.26. The number of carbonyl (C=O) groups excluding carboxylic acids is 1. The molecule has 0 aliphatic heterocycles. The minimum Gasteiger partial charge on any atom is -0.496 e. The second kappa shape index (κ2) is 7.37. The summed E-state index contributed by atoms with van der Waals surface area (Å²) < 4.78 is 43.8. The van der Waals surface area contributed by atoms with E-state index in [2.05, 4.69) is 10.4 Å². The minimum atomic E-state index is -4.71. The predicted octanol–water partition coefficient (Wildman–Crippen LogP) is 2.15. The van der Waals surface area contributed by atoms with E-state index in [-0.39, 0.29) is 6.54 Å². The topological polar surface area (TPSA) is 73.2 Å². The molecule has 2 rings (SSSR count). The normalized spacial score (nSPS) is 12.5. The number of ether oxygens (including phenoxy) is 1. The molecule has 1 unspecified atom stereocenters. The zero-order chi connectivity index (χ0) is 18.6. The molecule has 0 spiro atoms. The van der Waals surface area contributed by atoms with Crippen LogP contribution in [0.5, 0.6) is 5.75 Å². The van der Waals surface area contributed by atoms with Gasteiger partial charge in [-0.05, 0) is 19.1 Å². The van der Waals surface area contributed by atoms with Gasteiger partial charge in [-0.2, -0.15) is 18.3 Å². The molecule has 2 aromatic rings. The number of halogens is 3. The Morgan fingerprint density at radius 3 is 2.60 bits per heavy atom. The second-order valence-corrected chi connectivity index (χ2v) is 5.20. The lowest BCUT2D eigenvalue weighted by Crippen LogP contribution is -2.37. The van der Waals surface area contributed by atoms with Gasteiger partial charge >= 0.3 is 6.18 Å². The summed E-state index contributed by atoms with van der Waals surface area (Å²) in [5.74, 6) is -0.0790. The van der Waals surface area contributed by atoms with Gasteiger partial charge in [-0.25, -0.2) is 4.68 Å². The van der Waals surface area contributed by atoms with E-state index < -0.39 is 29.4 Å². The summed E-state index contributed by atoms with van der Waals surface area (Å²) in [5, 5.41) is 5.80.